The molecule has 1 aromatic heterocycles. The molecule has 1 fully saturated rings. The maximum absolute atomic E-state index is 13.9. The predicted molar refractivity (Wildman–Crippen MR) is 101 cm³/mol. The Morgan fingerprint density at radius 1 is 1.12 bits per heavy atom. The number of halogens is 1. The SMILES string of the molecule is CC1CN(c2nc(-c3ccccc3O)nc3ccc(F)cc23)CCN1C. The van der Waals surface area contributed by atoms with Crippen molar-refractivity contribution in [3.63, 3.8) is 0 Å². The van der Waals surface area contributed by atoms with E-state index in [0.717, 1.165) is 19.6 Å². The zero-order valence-electron chi connectivity index (χ0n) is 14.9. The van der Waals surface area contributed by atoms with Gasteiger partial charge in [-0.25, -0.2) is 14.4 Å². The minimum Gasteiger partial charge on any atom is -0.507 e. The summed E-state index contributed by atoms with van der Waals surface area (Å²) in [6.45, 7) is 4.69. The second-order valence-corrected chi connectivity index (χ2v) is 6.83. The Hall–Kier alpha value is -2.73. The number of piperazine rings is 1. The van der Waals surface area contributed by atoms with Crippen LogP contribution in [0, 0.1) is 5.82 Å². The third-order valence-electron chi connectivity index (χ3n) is 5.04. The third-order valence-corrected chi connectivity index (χ3v) is 5.04. The molecular weight excluding hydrogens is 331 g/mol. The lowest BCUT2D eigenvalue weighted by atomic mass is 10.1. The number of benzene rings is 2. The number of anilines is 1. The second-order valence-electron chi connectivity index (χ2n) is 6.83. The van der Waals surface area contributed by atoms with Gasteiger partial charge in [-0.1, -0.05) is 12.1 Å². The fraction of sp³-hybridized carbons (Fsp3) is 0.300. The van der Waals surface area contributed by atoms with Gasteiger partial charge in [0.2, 0.25) is 0 Å². The molecule has 26 heavy (non-hydrogen) atoms. The molecule has 0 radical (unpaired) electrons. The van der Waals surface area contributed by atoms with Gasteiger partial charge < -0.3 is 14.9 Å². The van der Waals surface area contributed by atoms with Gasteiger partial charge in [-0.05, 0) is 44.3 Å². The lowest BCUT2D eigenvalue weighted by molar-refractivity contribution is 0.233. The molecule has 0 bridgehead atoms. The Labute approximate surface area is 151 Å². The van der Waals surface area contributed by atoms with Gasteiger partial charge in [0, 0.05) is 31.1 Å². The van der Waals surface area contributed by atoms with Crippen LogP contribution >= 0.6 is 0 Å². The lowest BCUT2D eigenvalue weighted by Gasteiger charge is -2.38. The van der Waals surface area contributed by atoms with Crippen molar-refractivity contribution in [1.29, 1.82) is 0 Å². The van der Waals surface area contributed by atoms with Crippen molar-refractivity contribution < 1.29 is 9.50 Å². The van der Waals surface area contributed by atoms with Gasteiger partial charge in [0.25, 0.3) is 0 Å². The topological polar surface area (TPSA) is 52.5 Å². The van der Waals surface area contributed by atoms with E-state index in [0.29, 0.717) is 34.2 Å². The molecule has 1 saturated heterocycles. The fourth-order valence-electron chi connectivity index (χ4n) is 3.35. The van der Waals surface area contributed by atoms with Crippen molar-refractivity contribution in [2.24, 2.45) is 0 Å². The summed E-state index contributed by atoms with van der Waals surface area (Å²) in [5, 5.41) is 10.9. The summed E-state index contributed by atoms with van der Waals surface area (Å²) in [7, 11) is 2.10. The molecular formula is C20H21FN4O. The molecule has 2 heterocycles. The number of rotatable bonds is 2. The predicted octanol–water partition coefficient (Wildman–Crippen LogP) is 3.28. The standard InChI is InChI=1S/C20H21FN4O/c1-13-12-25(10-9-24(13)2)20-16-11-14(21)7-8-17(16)22-19(23-20)15-5-3-4-6-18(15)26/h3-8,11,13,26H,9-10,12H2,1-2H3. The Kier molecular flexibility index (Phi) is 4.20. The van der Waals surface area contributed by atoms with Gasteiger partial charge in [0.15, 0.2) is 5.82 Å². The molecule has 1 aliphatic rings. The van der Waals surface area contributed by atoms with Gasteiger partial charge in [-0.3, -0.25) is 0 Å². The van der Waals surface area contributed by atoms with E-state index in [-0.39, 0.29) is 11.6 Å². The number of aromatic nitrogens is 2. The van der Waals surface area contributed by atoms with E-state index < -0.39 is 0 Å². The second kappa shape index (κ2) is 6.53. The van der Waals surface area contributed by atoms with Gasteiger partial charge in [-0.15, -0.1) is 0 Å². The van der Waals surface area contributed by atoms with E-state index in [1.807, 2.05) is 6.07 Å². The molecule has 4 rings (SSSR count). The minimum atomic E-state index is -0.306. The highest BCUT2D eigenvalue weighted by atomic mass is 19.1. The van der Waals surface area contributed by atoms with Crippen molar-refractivity contribution in [2.75, 3.05) is 31.6 Å². The van der Waals surface area contributed by atoms with Crippen LogP contribution < -0.4 is 4.90 Å². The van der Waals surface area contributed by atoms with Crippen LogP contribution in [0.25, 0.3) is 22.3 Å². The number of hydrogen-bond donors (Lipinski definition) is 1. The number of para-hydroxylation sites is 1. The first-order valence-corrected chi connectivity index (χ1v) is 8.74. The van der Waals surface area contributed by atoms with Crippen LogP contribution in [-0.4, -0.2) is 52.7 Å². The fourth-order valence-corrected chi connectivity index (χ4v) is 3.35. The molecule has 134 valence electrons. The first-order valence-electron chi connectivity index (χ1n) is 8.74. The smallest absolute Gasteiger partial charge is 0.165 e. The first kappa shape index (κ1) is 16.7. The zero-order chi connectivity index (χ0) is 18.3. The largest absolute Gasteiger partial charge is 0.507 e. The number of aromatic hydroxyl groups is 1. The first-order chi connectivity index (χ1) is 12.5. The molecule has 1 N–H and O–H groups in total. The monoisotopic (exact) mass is 352 g/mol. The van der Waals surface area contributed by atoms with Crippen LogP contribution in [-0.2, 0) is 0 Å². The number of fused-ring (bicyclic) bond motifs is 1. The van der Waals surface area contributed by atoms with E-state index in [2.05, 4.69) is 28.8 Å². The van der Waals surface area contributed by atoms with Crippen LogP contribution in [0.3, 0.4) is 0 Å². The van der Waals surface area contributed by atoms with Crippen LogP contribution in [0.15, 0.2) is 42.5 Å². The summed E-state index contributed by atoms with van der Waals surface area (Å²) in [6, 6.07) is 11.9. The van der Waals surface area contributed by atoms with Gasteiger partial charge in [0.1, 0.15) is 17.4 Å². The summed E-state index contributed by atoms with van der Waals surface area (Å²) in [5.74, 6) is 0.989. The van der Waals surface area contributed by atoms with Crippen LogP contribution in [0.2, 0.25) is 0 Å². The van der Waals surface area contributed by atoms with Crippen molar-refractivity contribution in [3.05, 3.63) is 48.3 Å². The van der Waals surface area contributed by atoms with E-state index >= 15 is 0 Å². The summed E-state index contributed by atoms with van der Waals surface area (Å²) < 4.78 is 13.9. The summed E-state index contributed by atoms with van der Waals surface area (Å²) in [5.41, 5.74) is 1.24. The molecule has 1 unspecified atom stereocenters. The highest BCUT2D eigenvalue weighted by Gasteiger charge is 2.24. The molecule has 0 aliphatic carbocycles. The quantitative estimate of drug-likeness (QED) is 0.767. The summed E-state index contributed by atoms with van der Waals surface area (Å²) >= 11 is 0. The van der Waals surface area contributed by atoms with Crippen molar-refractivity contribution in [3.8, 4) is 17.1 Å². The Morgan fingerprint density at radius 2 is 1.92 bits per heavy atom. The van der Waals surface area contributed by atoms with Gasteiger partial charge in [-0.2, -0.15) is 0 Å². The number of phenolic OH excluding ortho intramolecular Hbond substituents is 1. The molecule has 1 atom stereocenters. The molecule has 0 saturated carbocycles. The number of phenols is 1. The van der Waals surface area contributed by atoms with E-state index in [1.54, 1.807) is 24.3 Å². The van der Waals surface area contributed by atoms with E-state index in [4.69, 9.17) is 4.98 Å². The van der Waals surface area contributed by atoms with Crippen LogP contribution in [0.5, 0.6) is 5.75 Å². The molecule has 5 nitrogen and oxygen atoms in total. The van der Waals surface area contributed by atoms with Gasteiger partial charge >= 0.3 is 0 Å². The summed E-state index contributed by atoms with van der Waals surface area (Å²) in [4.78, 5) is 13.8. The van der Waals surface area contributed by atoms with Gasteiger partial charge in [0.05, 0.1) is 11.1 Å². The lowest BCUT2D eigenvalue weighted by Crippen LogP contribution is -2.50. The number of nitrogens with zero attached hydrogens (tertiary/aromatic N) is 4. The van der Waals surface area contributed by atoms with E-state index in [1.165, 1.54) is 12.1 Å². The van der Waals surface area contributed by atoms with Crippen LogP contribution in [0.4, 0.5) is 10.2 Å². The van der Waals surface area contributed by atoms with Crippen molar-refractivity contribution >= 4 is 16.7 Å². The molecule has 2 aromatic carbocycles. The van der Waals surface area contributed by atoms with Crippen molar-refractivity contribution in [2.45, 2.75) is 13.0 Å². The molecule has 0 spiro atoms. The van der Waals surface area contributed by atoms with E-state index in [9.17, 15) is 9.50 Å². The zero-order valence-corrected chi connectivity index (χ0v) is 14.9. The van der Waals surface area contributed by atoms with Crippen molar-refractivity contribution in [1.82, 2.24) is 14.9 Å². The molecule has 6 heteroatoms. The minimum absolute atomic E-state index is 0.131. The number of likely N-dealkylation sites (N-methyl/N-ethyl adjacent to an activating group) is 1. The average molecular weight is 352 g/mol. The Balaban J connectivity index is 1.89. The maximum Gasteiger partial charge on any atom is 0.165 e. The molecule has 3 aromatic rings. The Morgan fingerprint density at radius 3 is 2.69 bits per heavy atom. The average Bonchev–Trinajstić information content (AvgIpc) is 2.64. The number of hydrogen-bond acceptors (Lipinski definition) is 5. The maximum atomic E-state index is 13.9. The normalized spacial score (nSPS) is 18.4. The van der Waals surface area contributed by atoms with Crippen LogP contribution in [0.1, 0.15) is 6.92 Å². The molecule has 0 amide bonds. The summed E-state index contributed by atoms with van der Waals surface area (Å²) in [6.07, 6.45) is 0. The Bertz CT molecular complexity index is 962. The highest BCUT2D eigenvalue weighted by molar-refractivity contribution is 5.91. The highest BCUT2D eigenvalue weighted by Crippen LogP contribution is 2.32. The molecule has 1 aliphatic heterocycles. The third kappa shape index (κ3) is 2.97.